The summed E-state index contributed by atoms with van der Waals surface area (Å²) in [4.78, 5) is 25.1. The lowest BCUT2D eigenvalue weighted by molar-refractivity contribution is -0.127. The summed E-state index contributed by atoms with van der Waals surface area (Å²) in [5.74, 6) is 0.174. The van der Waals surface area contributed by atoms with E-state index in [0.717, 1.165) is 5.56 Å². The molecule has 1 heterocycles. The van der Waals surface area contributed by atoms with Crippen molar-refractivity contribution in [2.45, 2.75) is 26.3 Å². The summed E-state index contributed by atoms with van der Waals surface area (Å²) in [5, 5.41) is 2.75. The number of carbonyl (C=O) groups excluding carboxylic acids is 2. The molecule has 0 radical (unpaired) electrons. The Bertz CT molecular complexity index is 442. The molecule has 1 atom stereocenters. The summed E-state index contributed by atoms with van der Waals surface area (Å²) < 4.78 is 0. The van der Waals surface area contributed by atoms with Crippen LogP contribution < -0.4 is 5.32 Å². The van der Waals surface area contributed by atoms with Gasteiger partial charge in [-0.15, -0.1) is 0 Å². The lowest BCUT2D eigenvalue weighted by atomic mass is 10.1. The van der Waals surface area contributed by atoms with Crippen LogP contribution in [0.5, 0.6) is 0 Å². The molecular weight excluding hydrogens is 228 g/mol. The molecule has 2 rings (SSSR count). The van der Waals surface area contributed by atoms with Crippen LogP contribution in [0.15, 0.2) is 30.3 Å². The molecule has 4 nitrogen and oxygen atoms in total. The molecule has 0 saturated carbocycles. The molecule has 0 bridgehead atoms. The van der Waals surface area contributed by atoms with E-state index in [1.54, 1.807) is 0 Å². The molecule has 18 heavy (non-hydrogen) atoms. The first kappa shape index (κ1) is 12.6. The van der Waals surface area contributed by atoms with Crippen LogP contribution in [0.4, 0.5) is 4.79 Å². The van der Waals surface area contributed by atoms with E-state index in [4.69, 9.17) is 0 Å². The van der Waals surface area contributed by atoms with Gasteiger partial charge in [0.2, 0.25) is 0 Å². The van der Waals surface area contributed by atoms with Crippen LogP contribution in [-0.2, 0) is 11.2 Å². The monoisotopic (exact) mass is 246 g/mol. The first-order valence-corrected chi connectivity index (χ1v) is 6.23. The Hall–Kier alpha value is -1.84. The van der Waals surface area contributed by atoms with Crippen LogP contribution in [0.1, 0.15) is 19.4 Å². The van der Waals surface area contributed by atoms with Gasteiger partial charge in [0.1, 0.15) is 6.04 Å². The van der Waals surface area contributed by atoms with Crippen molar-refractivity contribution in [3.05, 3.63) is 35.9 Å². The van der Waals surface area contributed by atoms with Crippen LogP contribution in [0.2, 0.25) is 0 Å². The second-order valence-corrected chi connectivity index (χ2v) is 5.03. The average molecular weight is 246 g/mol. The standard InChI is InChI=1S/C14H18N2O2/c1-10(2)9-16-13(17)12(15-14(16)18)8-11-6-4-3-5-7-11/h3-7,10,12H,8-9H2,1-2H3,(H,15,18). The van der Waals surface area contributed by atoms with Crippen LogP contribution in [0, 0.1) is 5.92 Å². The number of carbonyl (C=O) groups is 2. The number of urea groups is 1. The maximum Gasteiger partial charge on any atom is 0.324 e. The second kappa shape index (κ2) is 5.21. The SMILES string of the molecule is CC(C)CN1C(=O)NC(Cc2ccccc2)C1=O. The number of rotatable bonds is 4. The van der Waals surface area contributed by atoms with Gasteiger partial charge in [0.25, 0.3) is 5.91 Å². The van der Waals surface area contributed by atoms with Crippen LogP contribution in [-0.4, -0.2) is 29.4 Å². The zero-order valence-corrected chi connectivity index (χ0v) is 10.7. The minimum absolute atomic E-state index is 0.113. The Kier molecular flexibility index (Phi) is 3.65. The molecule has 1 fully saturated rings. The molecule has 0 aromatic heterocycles. The van der Waals surface area contributed by atoms with Crippen molar-refractivity contribution in [3.63, 3.8) is 0 Å². The number of hydrogen-bond acceptors (Lipinski definition) is 2. The largest absolute Gasteiger partial charge is 0.325 e. The molecule has 0 aliphatic carbocycles. The Morgan fingerprint density at radius 2 is 1.89 bits per heavy atom. The number of amides is 3. The normalized spacial score (nSPS) is 19.5. The lowest BCUT2D eigenvalue weighted by Gasteiger charge is -2.15. The van der Waals surface area contributed by atoms with E-state index >= 15 is 0 Å². The maximum atomic E-state index is 12.1. The van der Waals surface area contributed by atoms with E-state index < -0.39 is 6.04 Å². The first-order valence-electron chi connectivity index (χ1n) is 6.23. The van der Waals surface area contributed by atoms with Crippen molar-refractivity contribution in [2.24, 2.45) is 5.92 Å². The fraction of sp³-hybridized carbons (Fsp3) is 0.429. The van der Waals surface area contributed by atoms with E-state index in [9.17, 15) is 9.59 Å². The highest BCUT2D eigenvalue weighted by Gasteiger charge is 2.37. The summed E-state index contributed by atoms with van der Waals surface area (Å²) in [6.45, 7) is 4.46. The lowest BCUT2D eigenvalue weighted by Crippen LogP contribution is -2.35. The molecule has 1 unspecified atom stereocenters. The molecule has 4 heteroatoms. The number of hydrogen-bond donors (Lipinski definition) is 1. The molecule has 96 valence electrons. The smallest absolute Gasteiger partial charge is 0.324 e. The highest BCUT2D eigenvalue weighted by molar-refractivity contribution is 6.04. The van der Waals surface area contributed by atoms with Crippen molar-refractivity contribution in [1.29, 1.82) is 0 Å². The summed E-state index contributed by atoms with van der Waals surface area (Å²) >= 11 is 0. The zero-order valence-electron chi connectivity index (χ0n) is 10.7. The van der Waals surface area contributed by atoms with Gasteiger partial charge in [0.05, 0.1) is 0 Å². The summed E-state index contributed by atoms with van der Waals surface area (Å²) in [5.41, 5.74) is 1.06. The predicted octanol–water partition coefficient (Wildman–Crippen LogP) is 1.81. The van der Waals surface area contributed by atoms with Crippen molar-refractivity contribution >= 4 is 11.9 Å². The van der Waals surface area contributed by atoms with Gasteiger partial charge in [0, 0.05) is 13.0 Å². The molecule has 3 amide bonds. The minimum atomic E-state index is -0.418. The number of nitrogens with one attached hydrogen (secondary N) is 1. The number of nitrogens with zero attached hydrogens (tertiary/aromatic N) is 1. The summed E-state index contributed by atoms with van der Waals surface area (Å²) in [6, 6.07) is 9.04. The van der Waals surface area contributed by atoms with Crippen LogP contribution in [0.3, 0.4) is 0 Å². The van der Waals surface area contributed by atoms with Gasteiger partial charge in [-0.05, 0) is 11.5 Å². The van der Waals surface area contributed by atoms with Gasteiger partial charge in [-0.25, -0.2) is 4.79 Å². The zero-order chi connectivity index (χ0) is 13.1. The van der Waals surface area contributed by atoms with E-state index in [1.807, 2.05) is 44.2 Å². The van der Waals surface area contributed by atoms with Gasteiger partial charge >= 0.3 is 6.03 Å². The molecule has 0 spiro atoms. The Balaban J connectivity index is 2.04. The fourth-order valence-electron chi connectivity index (χ4n) is 2.10. The van der Waals surface area contributed by atoms with Crippen molar-refractivity contribution < 1.29 is 9.59 Å². The van der Waals surface area contributed by atoms with Crippen molar-refractivity contribution in [1.82, 2.24) is 10.2 Å². The number of benzene rings is 1. The molecule has 1 aromatic carbocycles. The highest BCUT2D eigenvalue weighted by Crippen LogP contribution is 2.13. The average Bonchev–Trinajstić information content (AvgIpc) is 2.58. The molecule has 1 aliphatic heterocycles. The van der Waals surface area contributed by atoms with Gasteiger partial charge in [-0.2, -0.15) is 0 Å². The summed E-state index contributed by atoms with van der Waals surface area (Å²) in [6.07, 6.45) is 0.556. The molecule has 1 saturated heterocycles. The topological polar surface area (TPSA) is 49.4 Å². The first-order chi connectivity index (χ1) is 8.58. The van der Waals surface area contributed by atoms with E-state index in [0.29, 0.717) is 13.0 Å². The second-order valence-electron chi connectivity index (χ2n) is 5.03. The van der Waals surface area contributed by atoms with Crippen LogP contribution >= 0.6 is 0 Å². The van der Waals surface area contributed by atoms with Crippen molar-refractivity contribution in [2.75, 3.05) is 6.54 Å². The molecule has 1 aliphatic rings. The van der Waals surface area contributed by atoms with E-state index in [1.165, 1.54) is 4.90 Å². The number of imide groups is 1. The fourth-order valence-corrected chi connectivity index (χ4v) is 2.10. The van der Waals surface area contributed by atoms with Crippen LogP contribution in [0.25, 0.3) is 0 Å². The highest BCUT2D eigenvalue weighted by atomic mass is 16.2. The maximum absolute atomic E-state index is 12.1. The Morgan fingerprint density at radius 3 is 2.50 bits per heavy atom. The van der Waals surface area contributed by atoms with Gasteiger partial charge in [-0.3, -0.25) is 9.69 Å². The van der Waals surface area contributed by atoms with Crippen molar-refractivity contribution in [3.8, 4) is 0 Å². The van der Waals surface area contributed by atoms with E-state index in [2.05, 4.69) is 5.32 Å². The third kappa shape index (κ3) is 2.70. The Morgan fingerprint density at radius 1 is 1.22 bits per heavy atom. The van der Waals surface area contributed by atoms with E-state index in [-0.39, 0.29) is 17.9 Å². The molecule has 1 aromatic rings. The third-order valence-corrected chi connectivity index (χ3v) is 2.94. The Labute approximate surface area is 107 Å². The molecule has 1 N–H and O–H groups in total. The quantitative estimate of drug-likeness (QED) is 0.824. The van der Waals surface area contributed by atoms with Gasteiger partial charge in [-0.1, -0.05) is 44.2 Å². The van der Waals surface area contributed by atoms with Gasteiger partial charge in [0.15, 0.2) is 0 Å². The minimum Gasteiger partial charge on any atom is -0.325 e. The molecular formula is C14H18N2O2. The summed E-state index contributed by atoms with van der Waals surface area (Å²) in [7, 11) is 0. The third-order valence-electron chi connectivity index (χ3n) is 2.94. The van der Waals surface area contributed by atoms with Gasteiger partial charge < -0.3 is 5.32 Å². The predicted molar refractivity (Wildman–Crippen MR) is 69.0 cm³/mol.